The van der Waals surface area contributed by atoms with Gasteiger partial charge in [-0.1, -0.05) is 13.3 Å². The van der Waals surface area contributed by atoms with Crippen molar-refractivity contribution in [1.29, 1.82) is 0 Å². The van der Waals surface area contributed by atoms with Crippen LogP contribution in [-0.4, -0.2) is 25.3 Å². The number of unbranched alkanes of at least 4 members (excludes halogenated alkanes) is 1. The van der Waals surface area contributed by atoms with Gasteiger partial charge < -0.3 is 14.3 Å². The number of hydrogen-bond donors (Lipinski definition) is 0. The van der Waals surface area contributed by atoms with Crippen molar-refractivity contribution >= 4 is 12.6 Å². The minimum atomic E-state index is -0.529. The molecule has 1 atom stereocenters. The molecule has 0 radical (unpaired) electrons. The highest BCUT2D eigenvalue weighted by molar-refractivity contribution is 5.63. The molecule has 0 N–H and O–H groups in total. The molecule has 0 amide bonds. The van der Waals surface area contributed by atoms with Crippen LogP contribution in [0.2, 0.25) is 0 Å². The van der Waals surface area contributed by atoms with E-state index in [9.17, 15) is 9.59 Å². The lowest BCUT2D eigenvalue weighted by Gasteiger charge is -2.06. The van der Waals surface area contributed by atoms with Crippen LogP contribution in [0, 0.1) is 0 Å². The number of aldehydes is 2. The van der Waals surface area contributed by atoms with Crippen LogP contribution in [0.3, 0.4) is 0 Å². The number of carbonyl (C=O) groups excluding carboxylic acids is 2. The molecular formula is C8H14O3. The fourth-order valence-corrected chi connectivity index (χ4v) is 0.637. The molecule has 3 nitrogen and oxygen atoms in total. The predicted molar refractivity (Wildman–Crippen MR) is 41.4 cm³/mol. The summed E-state index contributed by atoms with van der Waals surface area (Å²) in [6.07, 6.45) is 2.98. The zero-order chi connectivity index (χ0) is 8.53. The van der Waals surface area contributed by atoms with Gasteiger partial charge in [0.2, 0.25) is 0 Å². The standard InChI is InChI=1S/C8H14O3/c1-2-3-6-11-8(7-10)4-5-9/h5,7-8H,2-4,6H2,1H3. The summed E-state index contributed by atoms with van der Waals surface area (Å²) < 4.78 is 5.07. The van der Waals surface area contributed by atoms with Crippen molar-refractivity contribution in [3.63, 3.8) is 0 Å². The highest BCUT2D eigenvalue weighted by Gasteiger charge is 2.04. The van der Waals surface area contributed by atoms with E-state index in [2.05, 4.69) is 0 Å². The number of carbonyl (C=O) groups is 2. The molecule has 1 unspecified atom stereocenters. The number of ether oxygens (including phenoxy) is 1. The second kappa shape index (κ2) is 7.41. The van der Waals surface area contributed by atoms with Crippen molar-refractivity contribution in [2.45, 2.75) is 32.3 Å². The first-order valence-corrected chi connectivity index (χ1v) is 3.85. The maximum atomic E-state index is 10.2. The second-order valence-corrected chi connectivity index (χ2v) is 2.30. The van der Waals surface area contributed by atoms with Gasteiger partial charge in [0.05, 0.1) is 0 Å². The summed E-state index contributed by atoms with van der Waals surface area (Å²) in [6.45, 7) is 2.60. The monoisotopic (exact) mass is 158 g/mol. The molecular weight excluding hydrogens is 144 g/mol. The number of hydrogen-bond acceptors (Lipinski definition) is 3. The van der Waals surface area contributed by atoms with Gasteiger partial charge >= 0.3 is 0 Å². The third-order valence-electron chi connectivity index (χ3n) is 1.31. The summed E-state index contributed by atoms with van der Waals surface area (Å²) in [5.74, 6) is 0. The van der Waals surface area contributed by atoms with E-state index in [0.717, 1.165) is 12.8 Å². The molecule has 11 heavy (non-hydrogen) atoms. The molecule has 0 heterocycles. The SMILES string of the molecule is CCCCOC(C=O)CC=O. The van der Waals surface area contributed by atoms with Crippen molar-refractivity contribution in [2.24, 2.45) is 0 Å². The van der Waals surface area contributed by atoms with Gasteiger partial charge in [-0.05, 0) is 6.42 Å². The number of rotatable bonds is 7. The molecule has 0 saturated heterocycles. The summed E-state index contributed by atoms with van der Waals surface area (Å²) in [4.78, 5) is 20.2. The van der Waals surface area contributed by atoms with Crippen molar-refractivity contribution in [1.82, 2.24) is 0 Å². The van der Waals surface area contributed by atoms with E-state index in [1.165, 1.54) is 0 Å². The first-order valence-electron chi connectivity index (χ1n) is 3.85. The molecule has 0 fully saturated rings. The van der Waals surface area contributed by atoms with Crippen LogP contribution in [-0.2, 0) is 14.3 Å². The quantitative estimate of drug-likeness (QED) is 0.409. The molecule has 0 aromatic carbocycles. The lowest BCUT2D eigenvalue weighted by molar-refractivity contribution is -0.122. The third kappa shape index (κ3) is 5.73. The molecule has 0 aromatic heterocycles. The minimum Gasteiger partial charge on any atom is -0.370 e. The van der Waals surface area contributed by atoms with Crippen molar-refractivity contribution in [2.75, 3.05) is 6.61 Å². The third-order valence-corrected chi connectivity index (χ3v) is 1.31. The molecule has 3 heteroatoms. The molecule has 0 aliphatic heterocycles. The van der Waals surface area contributed by atoms with Crippen LogP contribution in [0.1, 0.15) is 26.2 Å². The van der Waals surface area contributed by atoms with E-state index in [1.807, 2.05) is 6.92 Å². The zero-order valence-electron chi connectivity index (χ0n) is 6.79. The van der Waals surface area contributed by atoms with Gasteiger partial charge in [0.1, 0.15) is 18.7 Å². The fourth-order valence-electron chi connectivity index (χ4n) is 0.637. The van der Waals surface area contributed by atoms with Gasteiger partial charge in [0.15, 0.2) is 0 Å². The average molecular weight is 158 g/mol. The van der Waals surface area contributed by atoms with Gasteiger partial charge in [-0.15, -0.1) is 0 Å². The van der Waals surface area contributed by atoms with Crippen LogP contribution in [0.5, 0.6) is 0 Å². The normalized spacial score (nSPS) is 12.5. The molecule has 0 aliphatic carbocycles. The van der Waals surface area contributed by atoms with Crippen molar-refractivity contribution < 1.29 is 14.3 Å². The highest BCUT2D eigenvalue weighted by Crippen LogP contribution is 1.95. The molecule has 64 valence electrons. The molecule has 0 spiro atoms. The molecule has 0 aromatic rings. The maximum Gasteiger partial charge on any atom is 0.149 e. The summed E-state index contributed by atoms with van der Waals surface area (Å²) in [5.41, 5.74) is 0. The Kier molecular flexibility index (Phi) is 6.94. The molecule has 0 rings (SSSR count). The van der Waals surface area contributed by atoms with Gasteiger partial charge in [0, 0.05) is 13.0 Å². The van der Waals surface area contributed by atoms with E-state index in [-0.39, 0.29) is 6.42 Å². The lowest BCUT2D eigenvalue weighted by atomic mass is 10.3. The van der Waals surface area contributed by atoms with Gasteiger partial charge in [-0.25, -0.2) is 0 Å². The first-order chi connectivity index (χ1) is 5.35. The smallest absolute Gasteiger partial charge is 0.149 e. The summed E-state index contributed by atoms with van der Waals surface area (Å²) in [6, 6.07) is 0. The van der Waals surface area contributed by atoms with Gasteiger partial charge in [-0.2, -0.15) is 0 Å². The Morgan fingerprint density at radius 1 is 1.45 bits per heavy atom. The summed E-state index contributed by atoms with van der Waals surface area (Å²) in [5, 5.41) is 0. The molecule has 0 aliphatic rings. The van der Waals surface area contributed by atoms with Crippen LogP contribution in [0.4, 0.5) is 0 Å². The van der Waals surface area contributed by atoms with E-state index in [0.29, 0.717) is 19.2 Å². The second-order valence-electron chi connectivity index (χ2n) is 2.30. The van der Waals surface area contributed by atoms with Gasteiger partial charge in [-0.3, -0.25) is 0 Å². The average Bonchev–Trinajstić information content (AvgIpc) is 2.03. The Hall–Kier alpha value is -0.700. The zero-order valence-corrected chi connectivity index (χ0v) is 6.79. The fraction of sp³-hybridized carbons (Fsp3) is 0.750. The summed E-state index contributed by atoms with van der Waals surface area (Å²) >= 11 is 0. The largest absolute Gasteiger partial charge is 0.370 e. The van der Waals surface area contributed by atoms with E-state index in [1.54, 1.807) is 0 Å². The Bertz CT molecular complexity index is 112. The van der Waals surface area contributed by atoms with Crippen molar-refractivity contribution in [3.05, 3.63) is 0 Å². The Balaban J connectivity index is 3.35. The Morgan fingerprint density at radius 3 is 2.64 bits per heavy atom. The molecule has 0 bridgehead atoms. The minimum absolute atomic E-state index is 0.174. The van der Waals surface area contributed by atoms with Crippen LogP contribution >= 0.6 is 0 Å². The van der Waals surface area contributed by atoms with Crippen LogP contribution in [0.25, 0.3) is 0 Å². The Morgan fingerprint density at radius 2 is 2.18 bits per heavy atom. The lowest BCUT2D eigenvalue weighted by Crippen LogP contribution is -2.15. The van der Waals surface area contributed by atoms with E-state index >= 15 is 0 Å². The maximum absolute atomic E-state index is 10.2. The summed E-state index contributed by atoms with van der Waals surface area (Å²) in [7, 11) is 0. The van der Waals surface area contributed by atoms with Gasteiger partial charge in [0.25, 0.3) is 0 Å². The Labute approximate surface area is 66.7 Å². The van der Waals surface area contributed by atoms with Crippen LogP contribution < -0.4 is 0 Å². The highest BCUT2D eigenvalue weighted by atomic mass is 16.5. The van der Waals surface area contributed by atoms with Crippen molar-refractivity contribution in [3.8, 4) is 0 Å². The van der Waals surface area contributed by atoms with Crippen LogP contribution in [0.15, 0.2) is 0 Å². The first kappa shape index (κ1) is 10.3. The predicted octanol–water partition coefficient (Wildman–Crippen LogP) is 0.960. The topological polar surface area (TPSA) is 43.4 Å². The van der Waals surface area contributed by atoms with E-state index < -0.39 is 6.10 Å². The molecule has 0 saturated carbocycles. The van der Waals surface area contributed by atoms with E-state index in [4.69, 9.17) is 4.74 Å².